The number of esters is 3. The molecule has 1 unspecified atom stereocenters. The van der Waals surface area contributed by atoms with Gasteiger partial charge in [-0.1, -0.05) is 191 Å². The van der Waals surface area contributed by atoms with E-state index in [0.717, 1.165) is 96.3 Å². The maximum absolute atomic E-state index is 12.8. The summed E-state index contributed by atoms with van der Waals surface area (Å²) in [5.74, 6) is -0.908. The highest BCUT2D eigenvalue weighted by Crippen LogP contribution is 2.14. The number of carbonyl (C=O) groups is 3. The number of carbonyl (C=O) groups excluding carboxylic acids is 3. The summed E-state index contributed by atoms with van der Waals surface area (Å²) in [7, 11) is 0. The molecule has 0 bridgehead atoms. The number of ether oxygens (including phenoxy) is 3. The van der Waals surface area contributed by atoms with Crippen LogP contribution in [-0.2, 0) is 28.6 Å². The highest BCUT2D eigenvalue weighted by Gasteiger charge is 2.19. The van der Waals surface area contributed by atoms with Gasteiger partial charge in [0, 0.05) is 19.3 Å². The van der Waals surface area contributed by atoms with Gasteiger partial charge in [0.15, 0.2) is 6.10 Å². The Morgan fingerprint density at radius 3 is 1.03 bits per heavy atom. The van der Waals surface area contributed by atoms with Crippen LogP contribution in [0.1, 0.15) is 258 Å². The van der Waals surface area contributed by atoms with Crippen molar-refractivity contribution in [1.82, 2.24) is 0 Å². The van der Waals surface area contributed by atoms with E-state index in [2.05, 4.69) is 69.4 Å². The fourth-order valence-corrected chi connectivity index (χ4v) is 7.12. The van der Waals surface area contributed by atoms with Gasteiger partial charge in [-0.05, 0) is 96.3 Å². The van der Waals surface area contributed by atoms with E-state index in [1.165, 1.54) is 122 Å². The predicted octanol–water partition coefficient (Wildman–Crippen LogP) is 16.7. The molecule has 0 aromatic carbocycles. The molecule has 0 aliphatic heterocycles. The molecule has 6 heteroatoms. The summed E-state index contributed by atoms with van der Waals surface area (Å²) in [4.78, 5) is 37.9. The lowest BCUT2D eigenvalue weighted by atomic mass is 10.1. The molecule has 348 valence electrons. The van der Waals surface area contributed by atoms with Gasteiger partial charge in [-0.2, -0.15) is 0 Å². The molecule has 0 aromatic heterocycles. The molecule has 0 aromatic rings. The second kappa shape index (κ2) is 49.0. The fourth-order valence-electron chi connectivity index (χ4n) is 7.12. The normalized spacial score (nSPS) is 12.4. The van der Waals surface area contributed by atoms with E-state index in [4.69, 9.17) is 14.2 Å². The van der Waals surface area contributed by atoms with Crippen LogP contribution in [0.2, 0.25) is 0 Å². The minimum atomic E-state index is -0.783. The van der Waals surface area contributed by atoms with Crippen molar-refractivity contribution in [3.05, 3.63) is 48.6 Å². The Morgan fingerprint density at radius 1 is 0.333 bits per heavy atom. The molecule has 0 N–H and O–H groups in total. The third kappa shape index (κ3) is 46.4. The van der Waals surface area contributed by atoms with Gasteiger partial charge in [0.05, 0.1) is 0 Å². The summed E-state index contributed by atoms with van der Waals surface area (Å²) in [6.45, 7) is 6.53. The van der Waals surface area contributed by atoms with E-state index in [0.29, 0.717) is 19.3 Å². The minimum absolute atomic E-state index is 0.0832. The maximum atomic E-state index is 12.8. The van der Waals surface area contributed by atoms with Crippen molar-refractivity contribution in [2.24, 2.45) is 0 Å². The molecule has 0 saturated carbocycles. The van der Waals surface area contributed by atoms with E-state index >= 15 is 0 Å². The number of hydrogen-bond donors (Lipinski definition) is 0. The van der Waals surface area contributed by atoms with Crippen LogP contribution >= 0.6 is 0 Å². The summed E-state index contributed by atoms with van der Waals surface area (Å²) in [5.41, 5.74) is 0. The Hall–Kier alpha value is -2.63. The third-order valence-electron chi connectivity index (χ3n) is 11.0. The molecular formula is C54H96O6. The van der Waals surface area contributed by atoms with Crippen molar-refractivity contribution >= 4 is 17.9 Å². The summed E-state index contributed by atoms with van der Waals surface area (Å²) >= 11 is 0. The summed E-state index contributed by atoms with van der Waals surface area (Å²) in [5, 5.41) is 0. The highest BCUT2D eigenvalue weighted by atomic mass is 16.6. The van der Waals surface area contributed by atoms with Crippen molar-refractivity contribution in [1.29, 1.82) is 0 Å². The molecule has 6 nitrogen and oxygen atoms in total. The number of allylic oxidation sites excluding steroid dienone is 8. The zero-order chi connectivity index (χ0) is 43.7. The zero-order valence-electron chi connectivity index (χ0n) is 39.7. The predicted molar refractivity (Wildman–Crippen MR) is 256 cm³/mol. The van der Waals surface area contributed by atoms with Crippen LogP contribution in [0.5, 0.6) is 0 Å². The molecule has 0 amide bonds. The molecule has 0 aliphatic rings. The fraction of sp³-hybridized carbons (Fsp3) is 0.796. The lowest BCUT2D eigenvalue weighted by Crippen LogP contribution is -2.30. The van der Waals surface area contributed by atoms with Crippen molar-refractivity contribution < 1.29 is 28.6 Å². The Balaban J connectivity index is 4.36. The summed E-state index contributed by atoms with van der Waals surface area (Å²) < 4.78 is 16.8. The first kappa shape index (κ1) is 57.4. The Bertz CT molecular complexity index is 1060. The van der Waals surface area contributed by atoms with E-state index in [1.54, 1.807) is 0 Å². The van der Waals surface area contributed by atoms with Gasteiger partial charge in [0.1, 0.15) is 13.2 Å². The SMILES string of the molecule is CCC/C=C\CCCCCCCC(=O)OCC(COC(=O)CCCCCCCCC/C=C\CCCCCCCC)OC(=O)CCCCCCC/C=C\C/C=C\CCCCC. The van der Waals surface area contributed by atoms with Crippen molar-refractivity contribution in [3.63, 3.8) is 0 Å². The van der Waals surface area contributed by atoms with Crippen molar-refractivity contribution in [2.45, 2.75) is 264 Å². The lowest BCUT2D eigenvalue weighted by molar-refractivity contribution is -0.167. The molecule has 0 radical (unpaired) electrons. The van der Waals surface area contributed by atoms with Gasteiger partial charge in [0.2, 0.25) is 0 Å². The van der Waals surface area contributed by atoms with Crippen LogP contribution in [0, 0.1) is 0 Å². The first-order valence-corrected chi connectivity index (χ1v) is 25.6. The topological polar surface area (TPSA) is 78.9 Å². The maximum Gasteiger partial charge on any atom is 0.306 e. The molecule has 1 atom stereocenters. The molecule has 0 saturated heterocycles. The van der Waals surface area contributed by atoms with Crippen LogP contribution in [0.4, 0.5) is 0 Å². The molecule has 0 aliphatic carbocycles. The van der Waals surface area contributed by atoms with Gasteiger partial charge < -0.3 is 14.2 Å². The van der Waals surface area contributed by atoms with Gasteiger partial charge in [-0.15, -0.1) is 0 Å². The van der Waals surface area contributed by atoms with E-state index < -0.39 is 6.10 Å². The Kier molecular flexibility index (Phi) is 46.9. The lowest BCUT2D eigenvalue weighted by Gasteiger charge is -2.18. The average molecular weight is 841 g/mol. The summed E-state index contributed by atoms with van der Waals surface area (Å²) in [6, 6.07) is 0. The minimum Gasteiger partial charge on any atom is -0.462 e. The van der Waals surface area contributed by atoms with Gasteiger partial charge in [-0.3, -0.25) is 14.4 Å². The van der Waals surface area contributed by atoms with Crippen LogP contribution < -0.4 is 0 Å². The third-order valence-corrected chi connectivity index (χ3v) is 11.0. The zero-order valence-corrected chi connectivity index (χ0v) is 39.7. The monoisotopic (exact) mass is 841 g/mol. The Labute approximate surface area is 371 Å². The van der Waals surface area contributed by atoms with Gasteiger partial charge in [-0.25, -0.2) is 0 Å². The summed E-state index contributed by atoms with van der Waals surface area (Å²) in [6.07, 6.45) is 58.1. The molecule has 0 rings (SSSR count). The van der Waals surface area contributed by atoms with Crippen LogP contribution in [0.25, 0.3) is 0 Å². The first-order valence-electron chi connectivity index (χ1n) is 25.6. The quantitative estimate of drug-likeness (QED) is 0.0263. The van der Waals surface area contributed by atoms with Crippen LogP contribution in [0.15, 0.2) is 48.6 Å². The highest BCUT2D eigenvalue weighted by molar-refractivity contribution is 5.71. The molecule has 0 spiro atoms. The van der Waals surface area contributed by atoms with E-state index in [1.807, 2.05) is 0 Å². The van der Waals surface area contributed by atoms with Gasteiger partial charge in [0.25, 0.3) is 0 Å². The first-order chi connectivity index (χ1) is 29.5. The molecular weight excluding hydrogens is 745 g/mol. The second-order valence-corrected chi connectivity index (χ2v) is 17.1. The second-order valence-electron chi connectivity index (χ2n) is 17.1. The molecule has 60 heavy (non-hydrogen) atoms. The van der Waals surface area contributed by atoms with Gasteiger partial charge >= 0.3 is 17.9 Å². The number of unbranched alkanes of at least 4 members (excludes halogenated alkanes) is 27. The number of hydrogen-bond acceptors (Lipinski definition) is 6. The van der Waals surface area contributed by atoms with E-state index in [-0.39, 0.29) is 31.1 Å². The standard InChI is InChI=1S/C54H96O6/c1-4-7-10-13-16-19-22-24-26-27-29-30-32-35-38-41-44-47-53(56)59-50-51(49-58-52(55)46-43-40-37-34-21-18-15-12-9-6-3)60-54(57)48-45-42-39-36-33-31-28-25-23-20-17-14-11-8-5-2/h12,15,17,20,24-26,28,51H,4-11,13-14,16,18-19,21-23,27,29-50H2,1-3H3/b15-12-,20-17-,26-24-,28-25-. The largest absolute Gasteiger partial charge is 0.462 e. The number of rotatable bonds is 46. The van der Waals surface area contributed by atoms with Crippen molar-refractivity contribution in [3.8, 4) is 0 Å². The average Bonchev–Trinajstić information content (AvgIpc) is 3.24. The van der Waals surface area contributed by atoms with Crippen LogP contribution in [0.3, 0.4) is 0 Å². The van der Waals surface area contributed by atoms with Crippen LogP contribution in [-0.4, -0.2) is 37.2 Å². The van der Waals surface area contributed by atoms with E-state index in [9.17, 15) is 14.4 Å². The molecule has 0 heterocycles. The van der Waals surface area contributed by atoms with Crippen molar-refractivity contribution in [2.75, 3.05) is 13.2 Å². The molecule has 0 fully saturated rings. The Morgan fingerprint density at radius 2 is 0.633 bits per heavy atom. The smallest absolute Gasteiger partial charge is 0.306 e.